The van der Waals surface area contributed by atoms with E-state index in [0.717, 1.165) is 30.6 Å². The van der Waals surface area contributed by atoms with Crippen molar-refractivity contribution in [3.8, 4) is 0 Å². The summed E-state index contributed by atoms with van der Waals surface area (Å²) in [6.45, 7) is 4.63. The van der Waals surface area contributed by atoms with Crippen molar-refractivity contribution in [3.63, 3.8) is 0 Å². The Morgan fingerprint density at radius 1 is 1.19 bits per heavy atom. The molecule has 2 saturated carbocycles. The molecule has 0 aromatic carbocycles. The van der Waals surface area contributed by atoms with Crippen LogP contribution in [0.3, 0.4) is 0 Å². The fourth-order valence-electron chi connectivity index (χ4n) is 3.94. The summed E-state index contributed by atoms with van der Waals surface area (Å²) in [6, 6.07) is 0. The van der Waals surface area contributed by atoms with Gasteiger partial charge in [-0.25, -0.2) is 0 Å². The molecule has 0 bridgehead atoms. The molecule has 0 saturated heterocycles. The van der Waals surface area contributed by atoms with Gasteiger partial charge in [-0.2, -0.15) is 0 Å². The Labute approximate surface area is 100.0 Å². The molecule has 16 heavy (non-hydrogen) atoms. The number of hydrogen-bond donors (Lipinski definition) is 0. The summed E-state index contributed by atoms with van der Waals surface area (Å²) in [5.74, 6) is 3.36. The Morgan fingerprint density at radius 3 is 2.69 bits per heavy atom. The normalized spacial score (nSPS) is 41.0. The van der Waals surface area contributed by atoms with Gasteiger partial charge in [0.25, 0.3) is 0 Å². The van der Waals surface area contributed by atoms with Gasteiger partial charge in [0.15, 0.2) is 0 Å². The average molecular weight is 222 g/mol. The van der Waals surface area contributed by atoms with Gasteiger partial charge in [-0.1, -0.05) is 39.5 Å². The summed E-state index contributed by atoms with van der Waals surface area (Å²) in [4.78, 5) is 12.1. The molecule has 2 aliphatic rings. The maximum absolute atomic E-state index is 12.1. The Morgan fingerprint density at radius 2 is 1.94 bits per heavy atom. The second kappa shape index (κ2) is 5.33. The zero-order valence-corrected chi connectivity index (χ0v) is 10.9. The van der Waals surface area contributed by atoms with Crippen molar-refractivity contribution >= 4 is 5.78 Å². The number of hydrogen-bond acceptors (Lipinski definition) is 1. The number of carbonyl (C=O) groups excluding carboxylic acids is 1. The van der Waals surface area contributed by atoms with Gasteiger partial charge in [0.1, 0.15) is 5.78 Å². The molecule has 1 heteroatoms. The minimum Gasteiger partial charge on any atom is -0.299 e. The first-order valence-corrected chi connectivity index (χ1v) is 7.25. The summed E-state index contributed by atoms with van der Waals surface area (Å²) in [5.41, 5.74) is 0. The first-order valence-electron chi connectivity index (χ1n) is 7.25. The van der Waals surface area contributed by atoms with Gasteiger partial charge in [0.2, 0.25) is 0 Å². The van der Waals surface area contributed by atoms with Crippen molar-refractivity contribution in [1.82, 2.24) is 0 Å². The molecule has 2 aliphatic carbocycles. The summed E-state index contributed by atoms with van der Waals surface area (Å²) in [5, 5.41) is 0. The average Bonchev–Trinajstić information content (AvgIpc) is 2.32. The number of Topliss-reactive ketones (excluding diaryl/α,β-unsaturated/α-hetero) is 1. The molecule has 1 nitrogen and oxygen atoms in total. The molecule has 92 valence electrons. The summed E-state index contributed by atoms with van der Waals surface area (Å²) in [6.07, 6.45) is 9.91. The van der Waals surface area contributed by atoms with E-state index in [9.17, 15) is 4.79 Å². The van der Waals surface area contributed by atoms with Gasteiger partial charge in [-0.15, -0.1) is 0 Å². The second-order valence-electron chi connectivity index (χ2n) is 6.07. The smallest absolute Gasteiger partial charge is 0.136 e. The molecule has 4 unspecified atom stereocenters. The Kier molecular flexibility index (Phi) is 4.05. The third-order valence-electron chi connectivity index (χ3n) is 4.96. The lowest BCUT2D eigenvalue weighted by Gasteiger charge is -2.39. The van der Waals surface area contributed by atoms with Crippen LogP contribution in [0.15, 0.2) is 0 Å². The molecule has 0 amide bonds. The van der Waals surface area contributed by atoms with E-state index < -0.39 is 0 Å². The first kappa shape index (κ1) is 12.1. The largest absolute Gasteiger partial charge is 0.299 e. The molecular formula is C15H26O. The summed E-state index contributed by atoms with van der Waals surface area (Å²) in [7, 11) is 0. The predicted octanol–water partition coefficient (Wildman–Crippen LogP) is 4.21. The van der Waals surface area contributed by atoms with E-state index in [1.807, 2.05) is 0 Å². The topological polar surface area (TPSA) is 17.1 Å². The fourth-order valence-corrected chi connectivity index (χ4v) is 3.94. The van der Waals surface area contributed by atoms with E-state index in [0.29, 0.717) is 11.7 Å². The zero-order chi connectivity index (χ0) is 11.5. The van der Waals surface area contributed by atoms with Crippen LogP contribution in [-0.4, -0.2) is 5.78 Å². The van der Waals surface area contributed by atoms with E-state index in [-0.39, 0.29) is 0 Å². The minimum atomic E-state index is 0.425. The van der Waals surface area contributed by atoms with E-state index in [1.165, 1.54) is 38.5 Å². The standard InChI is InChI=1S/C15H26O/c1-3-12-6-4-5-7-13(12)14-10-11(2)8-9-15(14)16/h11-14H,3-10H2,1-2H3. The zero-order valence-electron chi connectivity index (χ0n) is 10.9. The number of carbonyl (C=O) groups is 1. The Hall–Kier alpha value is -0.330. The van der Waals surface area contributed by atoms with Crippen LogP contribution in [0.1, 0.15) is 65.2 Å². The highest BCUT2D eigenvalue weighted by molar-refractivity contribution is 5.82. The molecule has 0 radical (unpaired) electrons. The lowest BCUT2D eigenvalue weighted by atomic mass is 9.65. The van der Waals surface area contributed by atoms with Crippen molar-refractivity contribution in [3.05, 3.63) is 0 Å². The molecule has 4 atom stereocenters. The summed E-state index contributed by atoms with van der Waals surface area (Å²) >= 11 is 0. The maximum atomic E-state index is 12.1. The highest BCUT2D eigenvalue weighted by Gasteiger charge is 2.37. The second-order valence-corrected chi connectivity index (χ2v) is 6.07. The van der Waals surface area contributed by atoms with Crippen LogP contribution in [0, 0.1) is 23.7 Å². The SMILES string of the molecule is CCC1CCCCC1C1CC(C)CCC1=O. The van der Waals surface area contributed by atoms with Crippen molar-refractivity contribution in [2.75, 3.05) is 0 Å². The van der Waals surface area contributed by atoms with Crippen LogP contribution >= 0.6 is 0 Å². The molecule has 0 aromatic heterocycles. The molecular weight excluding hydrogens is 196 g/mol. The van der Waals surface area contributed by atoms with Crippen LogP contribution in [0.2, 0.25) is 0 Å². The van der Waals surface area contributed by atoms with Gasteiger partial charge in [0, 0.05) is 12.3 Å². The monoisotopic (exact) mass is 222 g/mol. The highest BCUT2D eigenvalue weighted by Crippen LogP contribution is 2.42. The molecule has 0 spiro atoms. The van der Waals surface area contributed by atoms with E-state index in [2.05, 4.69) is 13.8 Å². The first-order chi connectivity index (χ1) is 7.72. The molecule has 0 N–H and O–H groups in total. The van der Waals surface area contributed by atoms with Crippen molar-refractivity contribution in [2.45, 2.75) is 65.2 Å². The van der Waals surface area contributed by atoms with Gasteiger partial charge in [0.05, 0.1) is 0 Å². The Balaban J connectivity index is 2.05. The van der Waals surface area contributed by atoms with Gasteiger partial charge in [-0.05, 0) is 37.0 Å². The van der Waals surface area contributed by atoms with Crippen molar-refractivity contribution in [1.29, 1.82) is 0 Å². The van der Waals surface area contributed by atoms with Crippen LogP contribution < -0.4 is 0 Å². The lowest BCUT2D eigenvalue weighted by Crippen LogP contribution is -2.35. The van der Waals surface area contributed by atoms with Crippen molar-refractivity contribution < 1.29 is 4.79 Å². The number of ketones is 1. The van der Waals surface area contributed by atoms with Gasteiger partial charge >= 0.3 is 0 Å². The molecule has 0 aliphatic heterocycles. The highest BCUT2D eigenvalue weighted by atomic mass is 16.1. The van der Waals surface area contributed by atoms with Crippen LogP contribution in [0.5, 0.6) is 0 Å². The fraction of sp³-hybridized carbons (Fsp3) is 0.933. The van der Waals surface area contributed by atoms with E-state index >= 15 is 0 Å². The van der Waals surface area contributed by atoms with Gasteiger partial charge < -0.3 is 0 Å². The number of rotatable bonds is 2. The predicted molar refractivity (Wildman–Crippen MR) is 67.3 cm³/mol. The minimum absolute atomic E-state index is 0.425. The van der Waals surface area contributed by atoms with Crippen LogP contribution in [0.25, 0.3) is 0 Å². The Bertz CT molecular complexity index is 246. The summed E-state index contributed by atoms with van der Waals surface area (Å²) < 4.78 is 0. The lowest BCUT2D eigenvalue weighted by molar-refractivity contribution is -0.129. The quantitative estimate of drug-likeness (QED) is 0.684. The third kappa shape index (κ3) is 2.49. The van der Waals surface area contributed by atoms with E-state index in [1.54, 1.807) is 0 Å². The molecule has 2 rings (SSSR count). The van der Waals surface area contributed by atoms with Gasteiger partial charge in [-0.3, -0.25) is 4.79 Å². The molecule has 0 aromatic rings. The third-order valence-corrected chi connectivity index (χ3v) is 4.96. The maximum Gasteiger partial charge on any atom is 0.136 e. The van der Waals surface area contributed by atoms with E-state index in [4.69, 9.17) is 0 Å². The molecule has 0 heterocycles. The van der Waals surface area contributed by atoms with Crippen molar-refractivity contribution in [2.24, 2.45) is 23.7 Å². The molecule has 2 fully saturated rings. The van der Waals surface area contributed by atoms with Crippen LogP contribution in [-0.2, 0) is 4.79 Å². The van der Waals surface area contributed by atoms with Crippen LogP contribution in [0.4, 0.5) is 0 Å².